The molecule has 0 radical (unpaired) electrons. The van der Waals surface area contributed by atoms with Crippen LogP contribution in [0.5, 0.6) is 5.75 Å². The lowest BCUT2D eigenvalue weighted by Crippen LogP contribution is -2.20. The first-order valence-corrected chi connectivity index (χ1v) is 6.94. The highest BCUT2D eigenvalue weighted by Gasteiger charge is 2.12. The van der Waals surface area contributed by atoms with Crippen molar-refractivity contribution in [3.63, 3.8) is 0 Å². The third-order valence-corrected chi connectivity index (χ3v) is 3.30. The predicted molar refractivity (Wildman–Crippen MR) is 83.6 cm³/mol. The van der Waals surface area contributed by atoms with Crippen molar-refractivity contribution in [3.8, 4) is 5.75 Å². The van der Waals surface area contributed by atoms with Gasteiger partial charge in [0, 0.05) is 12.1 Å². The number of hydrogen-bond acceptors (Lipinski definition) is 4. The quantitative estimate of drug-likeness (QED) is 0.645. The summed E-state index contributed by atoms with van der Waals surface area (Å²) in [5, 5.41) is 13.1. The van der Waals surface area contributed by atoms with E-state index in [1.165, 1.54) is 18.2 Å². The number of benzene rings is 2. The maximum Gasteiger partial charge on any atom is 0.271 e. The second-order valence-electron chi connectivity index (χ2n) is 4.33. The zero-order valence-corrected chi connectivity index (χ0v) is 12.9. The molecule has 0 fully saturated rings. The number of non-ortho nitro benzene ring substituents is 1. The Kier molecular flexibility index (Phi) is 5.36. The number of nitro groups is 1. The van der Waals surface area contributed by atoms with Gasteiger partial charge in [0.1, 0.15) is 11.6 Å². The lowest BCUT2D eigenvalue weighted by atomic mass is 10.3. The highest BCUT2D eigenvalue weighted by molar-refractivity contribution is 6.34. The smallest absolute Gasteiger partial charge is 0.271 e. The molecule has 0 spiro atoms. The topological polar surface area (TPSA) is 81.5 Å². The average molecular weight is 359 g/mol. The Labute approximate surface area is 139 Å². The fraction of sp³-hybridized carbons (Fsp3) is 0.0714. The van der Waals surface area contributed by atoms with E-state index in [2.05, 4.69) is 5.32 Å². The molecule has 0 aliphatic heterocycles. The molecule has 0 atom stereocenters. The van der Waals surface area contributed by atoms with Crippen molar-refractivity contribution in [2.75, 3.05) is 11.9 Å². The normalized spacial score (nSPS) is 10.2. The van der Waals surface area contributed by atoms with Crippen LogP contribution in [-0.4, -0.2) is 17.4 Å². The summed E-state index contributed by atoms with van der Waals surface area (Å²) in [5.41, 5.74) is 0.0124. The Bertz CT molecular complexity index is 770. The molecule has 2 aromatic carbocycles. The van der Waals surface area contributed by atoms with Crippen LogP contribution in [0.25, 0.3) is 0 Å². The highest BCUT2D eigenvalue weighted by Crippen LogP contribution is 2.27. The van der Waals surface area contributed by atoms with Gasteiger partial charge in [-0.2, -0.15) is 0 Å². The van der Waals surface area contributed by atoms with E-state index < -0.39 is 23.3 Å². The van der Waals surface area contributed by atoms with Crippen molar-refractivity contribution >= 4 is 40.5 Å². The minimum Gasteiger partial charge on any atom is -0.482 e. The number of nitrogens with zero attached hydrogens (tertiary/aromatic N) is 1. The van der Waals surface area contributed by atoms with E-state index in [1.807, 2.05) is 0 Å². The molecule has 0 saturated carbocycles. The Hall–Kier alpha value is -2.38. The van der Waals surface area contributed by atoms with E-state index in [0.29, 0.717) is 0 Å². The second kappa shape index (κ2) is 7.26. The van der Waals surface area contributed by atoms with Crippen LogP contribution in [0.2, 0.25) is 10.0 Å². The van der Waals surface area contributed by atoms with Gasteiger partial charge in [0.15, 0.2) is 6.61 Å². The van der Waals surface area contributed by atoms with Crippen LogP contribution in [0, 0.1) is 15.9 Å². The molecule has 2 rings (SSSR count). The molecule has 120 valence electrons. The van der Waals surface area contributed by atoms with Crippen LogP contribution in [0.15, 0.2) is 36.4 Å². The fourth-order valence-corrected chi connectivity index (χ4v) is 2.08. The van der Waals surface area contributed by atoms with Gasteiger partial charge in [0.05, 0.1) is 20.7 Å². The van der Waals surface area contributed by atoms with E-state index in [-0.39, 0.29) is 27.2 Å². The maximum absolute atomic E-state index is 12.9. The molecule has 0 aliphatic rings. The maximum atomic E-state index is 12.9. The monoisotopic (exact) mass is 358 g/mol. The van der Waals surface area contributed by atoms with Gasteiger partial charge in [-0.25, -0.2) is 4.39 Å². The van der Waals surface area contributed by atoms with Gasteiger partial charge in [-0.1, -0.05) is 23.2 Å². The molecule has 0 bridgehead atoms. The SMILES string of the molecule is O=C(COc1ccc(F)cc1Cl)Nc1ccc([N+](=O)[O-])cc1Cl. The van der Waals surface area contributed by atoms with E-state index in [1.54, 1.807) is 0 Å². The lowest BCUT2D eigenvalue weighted by Gasteiger charge is -2.09. The first kappa shape index (κ1) is 17.0. The van der Waals surface area contributed by atoms with Gasteiger partial charge < -0.3 is 10.1 Å². The average Bonchev–Trinajstić information content (AvgIpc) is 2.48. The van der Waals surface area contributed by atoms with Crippen molar-refractivity contribution in [1.29, 1.82) is 0 Å². The summed E-state index contributed by atoms with van der Waals surface area (Å²) >= 11 is 11.6. The number of anilines is 1. The Morgan fingerprint density at radius 1 is 1.22 bits per heavy atom. The molecule has 0 aromatic heterocycles. The van der Waals surface area contributed by atoms with Gasteiger partial charge >= 0.3 is 0 Å². The van der Waals surface area contributed by atoms with Crippen LogP contribution < -0.4 is 10.1 Å². The van der Waals surface area contributed by atoms with E-state index in [9.17, 15) is 19.3 Å². The molecule has 0 unspecified atom stereocenters. The fourth-order valence-electron chi connectivity index (χ4n) is 1.64. The summed E-state index contributed by atoms with van der Waals surface area (Å²) in [4.78, 5) is 21.8. The molecule has 0 heterocycles. The molecule has 2 aromatic rings. The number of nitrogens with one attached hydrogen (secondary N) is 1. The van der Waals surface area contributed by atoms with Crippen LogP contribution in [0.1, 0.15) is 0 Å². The zero-order chi connectivity index (χ0) is 17.0. The summed E-state index contributed by atoms with van der Waals surface area (Å²) in [6.45, 7) is -0.390. The second-order valence-corrected chi connectivity index (χ2v) is 5.15. The van der Waals surface area contributed by atoms with Gasteiger partial charge in [0.2, 0.25) is 0 Å². The summed E-state index contributed by atoms with van der Waals surface area (Å²) in [6, 6.07) is 7.13. The van der Waals surface area contributed by atoms with Gasteiger partial charge in [0.25, 0.3) is 11.6 Å². The van der Waals surface area contributed by atoms with Gasteiger partial charge in [-0.3, -0.25) is 14.9 Å². The van der Waals surface area contributed by atoms with Crippen molar-refractivity contribution in [2.45, 2.75) is 0 Å². The Balaban J connectivity index is 1.98. The van der Waals surface area contributed by atoms with Crippen LogP contribution in [0.4, 0.5) is 15.8 Å². The third kappa shape index (κ3) is 4.54. The largest absolute Gasteiger partial charge is 0.482 e. The van der Waals surface area contributed by atoms with Crippen molar-refractivity contribution in [3.05, 3.63) is 62.4 Å². The van der Waals surface area contributed by atoms with Gasteiger partial charge in [-0.05, 0) is 24.3 Å². The minimum atomic E-state index is -0.600. The van der Waals surface area contributed by atoms with Crippen LogP contribution >= 0.6 is 23.2 Å². The number of carbonyl (C=O) groups excluding carboxylic acids is 1. The Morgan fingerprint density at radius 2 is 1.96 bits per heavy atom. The molecule has 1 amide bonds. The zero-order valence-electron chi connectivity index (χ0n) is 11.4. The predicted octanol–water partition coefficient (Wildman–Crippen LogP) is 4.06. The first-order valence-electron chi connectivity index (χ1n) is 6.18. The standard InChI is InChI=1S/C14H9Cl2FN2O4/c15-10-6-9(19(21)22)2-3-12(10)18-14(20)7-23-13-4-1-8(17)5-11(13)16/h1-6H,7H2,(H,18,20). The van der Waals surface area contributed by atoms with E-state index >= 15 is 0 Å². The summed E-state index contributed by atoms with van der Waals surface area (Å²) < 4.78 is 18.1. The molecule has 1 N–H and O–H groups in total. The number of halogens is 3. The highest BCUT2D eigenvalue weighted by atomic mass is 35.5. The van der Waals surface area contributed by atoms with E-state index in [4.69, 9.17) is 27.9 Å². The van der Waals surface area contributed by atoms with Crippen molar-refractivity contribution in [1.82, 2.24) is 0 Å². The summed E-state index contributed by atoms with van der Waals surface area (Å²) in [5.74, 6) is -0.927. The molecule has 0 aliphatic carbocycles. The number of amides is 1. The summed E-state index contributed by atoms with van der Waals surface area (Å²) in [7, 11) is 0. The van der Waals surface area contributed by atoms with Crippen LogP contribution in [0.3, 0.4) is 0 Å². The molecular weight excluding hydrogens is 350 g/mol. The number of hydrogen-bond donors (Lipinski definition) is 1. The summed E-state index contributed by atoms with van der Waals surface area (Å²) in [6.07, 6.45) is 0. The first-order chi connectivity index (χ1) is 10.9. The minimum absolute atomic E-state index is 0.0207. The van der Waals surface area contributed by atoms with Crippen LogP contribution in [-0.2, 0) is 4.79 Å². The van der Waals surface area contributed by atoms with Crippen molar-refractivity contribution < 1.29 is 18.8 Å². The molecule has 9 heteroatoms. The van der Waals surface area contributed by atoms with Gasteiger partial charge in [-0.15, -0.1) is 0 Å². The molecular formula is C14H9Cl2FN2O4. The number of ether oxygens (including phenoxy) is 1. The van der Waals surface area contributed by atoms with E-state index in [0.717, 1.165) is 18.2 Å². The lowest BCUT2D eigenvalue weighted by molar-refractivity contribution is -0.384. The number of carbonyl (C=O) groups is 1. The third-order valence-electron chi connectivity index (χ3n) is 2.69. The number of rotatable bonds is 5. The number of nitro benzene ring substituents is 1. The molecule has 0 saturated heterocycles. The Morgan fingerprint density at radius 3 is 2.57 bits per heavy atom. The molecule has 23 heavy (non-hydrogen) atoms. The van der Waals surface area contributed by atoms with Crippen molar-refractivity contribution in [2.24, 2.45) is 0 Å². The molecule has 6 nitrogen and oxygen atoms in total.